The minimum atomic E-state index is -0.925. The Morgan fingerprint density at radius 1 is 1.09 bits per heavy atom. The molecule has 1 aliphatic rings. The van der Waals surface area contributed by atoms with E-state index in [9.17, 15) is 9.18 Å². The van der Waals surface area contributed by atoms with E-state index in [1.165, 1.54) is 12.1 Å². The fourth-order valence-corrected chi connectivity index (χ4v) is 3.54. The Bertz CT molecular complexity index is 1340. The average Bonchev–Trinajstić information content (AvgIpc) is 3.31. The lowest BCUT2D eigenvalue weighted by atomic mass is 9.91. The number of nitrogens with two attached hydrogens (primary N) is 1. The molecule has 10 nitrogen and oxygen atoms in total. The number of nitrogens with zero attached hydrogens (tertiary/aromatic N) is 4. The number of imidazole rings is 1. The van der Waals surface area contributed by atoms with Gasteiger partial charge in [-0.25, -0.2) is 19.3 Å². The minimum absolute atomic E-state index is 0.0857. The van der Waals surface area contributed by atoms with Crippen LogP contribution in [0.3, 0.4) is 0 Å². The first kappa shape index (κ1) is 22.6. The van der Waals surface area contributed by atoms with Gasteiger partial charge in [0.2, 0.25) is 18.1 Å². The van der Waals surface area contributed by atoms with Gasteiger partial charge in [-0.3, -0.25) is 9.78 Å². The molecular formula is C24H22FN7O3. The van der Waals surface area contributed by atoms with Gasteiger partial charge < -0.3 is 25.5 Å². The van der Waals surface area contributed by atoms with Crippen LogP contribution in [0.15, 0.2) is 61.1 Å². The lowest BCUT2D eigenvalue weighted by Gasteiger charge is -2.34. The highest BCUT2D eigenvalue weighted by Gasteiger charge is 2.39. The van der Waals surface area contributed by atoms with Crippen molar-refractivity contribution in [1.29, 1.82) is 0 Å². The third-order valence-electron chi connectivity index (χ3n) is 5.61. The predicted octanol–water partition coefficient (Wildman–Crippen LogP) is 3.35. The van der Waals surface area contributed by atoms with Gasteiger partial charge in [0.25, 0.3) is 0 Å². The number of carbonyl (C=O) groups excluding carboxylic acids is 1. The van der Waals surface area contributed by atoms with E-state index in [1.54, 1.807) is 55.8 Å². The Hall–Kier alpha value is -4.22. The molecule has 5 rings (SSSR count). The van der Waals surface area contributed by atoms with Gasteiger partial charge in [-0.05, 0) is 49.4 Å². The fraction of sp³-hybridized carbons (Fsp3) is 0.208. The number of pyridine rings is 1. The summed E-state index contributed by atoms with van der Waals surface area (Å²) in [7, 11) is 0. The largest absolute Gasteiger partial charge is 0.369 e. The number of anilines is 2. The number of hydrogen-bond acceptors (Lipinski definition) is 8. The smallest absolute Gasteiger partial charge is 0.228 e. The molecule has 35 heavy (non-hydrogen) atoms. The van der Waals surface area contributed by atoms with E-state index in [0.717, 1.165) is 5.69 Å². The van der Waals surface area contributed by atoms with Gasteiger partial charge in [0.1, 0.15) is 5.82 Å². The standard InChI is InChI=1S/C24H22FN7O3/c1-24(22(26)33)12-34-21(35-13-24)20-31-18(14-2-4-15(25)5-3-14)19(32-20)17-8-11-28-23(30-17)29-16-6-9-27-10-7-16/h2-11,21H,12-13H2,1H3,(H2,26,33)(H,31,32)(H,27,28,29,30). The molecule has 0 unspecified atom stereocenters. The summed E-state index contributed by atoms with van der Waals surface area (Å²) in [6.07, 6.45) is 4.10. The van der Waals surface area contributed by atoms with Gasteiger partial charge in [-0.1, -0.05) is 0 Å². The second kappa shape index (κ2) is 9.20. The number of aromatic amines is 1. The van der Waals surface area contributed by atoms with Crippen LogP contribution in [0.5, 0.6) is 0 Å². The lowest BCUT2D eigenvalue weighted by Crippen LogP contribution is -2.46. The van der Waals surface area contributed by atoms with Gasteiger partial charge >= 0.3 is 0 Å². The van der Waals surface area contributed by atoms with Crippen molar-refractivity contribution in [3.8, 4) is 22.6 Å². The Kier molecular flexibility index (Phi) is 5.93. The molecule has 0 saturated carbocycles. The number of rotatable bonds is 6. The van der Waals surface area contributed by atoms with Crippen LogP contribution < -0.4 is 11.1 Å². The average molecular weight is 475 g/mol. The Morgan fingerprint density at radius 2 is 1.80 bits per heavy atom. The first-order chi connectivity index (χ1) is 16.9. The summed E-state index contributed by atoms with van der Waals surface area (Å²) in [5.74, 6) is -0.106. The predicted molar refractivity (Wildman–Crippen MR) is 124 cm³/mol. The molecule has 4 heterocycles. The Labute approximate surface area is 199 Å². The van der Waals surface area contributed by atoms with Crippen LogP contribution in [-0.4, -0.2) is 44.0 Å². The molecule has 4 aromatic rings. The van der Waals surface area contributed by atoms with Crippen LogP contribution >= 0.6 is 0 Å². The number of halogens is 1. The fourth-order valence-electron chi connectivity index (χ4n) is 3.54. The van der Waals surface area contributed by atoms with E-state index in [-0.39, 0.29) is 19.0 Å². The molecule has 0 bridgehead atoms. The number of aromatic nitrogens is 5. The van der Waals surface area contributed by atoms with Crippen LogP contribution in [-0.2, 0) is 14.3 Å². The van der Waals surface area contributed by atoms with E-state index in [2.05, 4.69) is 30.2 Å². The molecular weight excluding hydrogens is 453 g/mol. The van der Waals surface area contributed by atoms with Crippen molar-refractivity contribution >= 4 is 17.5 Å². The second-order valence-corrected chi connectivity index (χ2v) is 8.36. The highest BCUT2D eigenvalue weighted by atomic mass is 19.1. The normalized spacial score (nSPS) is 19.9. The molecule has 1 saturated heterocycles. The topological polar surface area (TPSA) is 141 Å². The number of primary amides is 1. The molecule has 1 fully saturated rings. The summed E-state index contributed by atoms with van der Waals surface area (Å²) in [6, 6.07) is 11.3. The van der Waals surface area contributed by atoms with E-state index in [1.807, 2.05) is 0 Å². The van der Waals surface area contributed by atoms with Crippen molar-refractivity contribution < 1.29 is 18.7 Å². The van der Waals surface area contributed by atoms with Crippen molar-refractivity contribution in [2.24, 2.45) is 11.1 Å². The zero-order chi connectivity index (χ0) is 24.4. The van der Waals surface area contributed by atoms with E-state index < -0.39 is 17.6 Å². The van der Waals surface area contributed by atoms with Crippen molar-refractivity contribution in [1.82, 2.24) is 24.9 Å². The Balaban J connectivity index is 1.50. The van der Waals surface area contributed by atoms with E-state index >= 15 is 0 Å². The van der Waals surface area contributed by atoms with Crippen LogP contribution in [0.25, 0.3) is 22.6 Å². The van der Waals surface area contributed by atoms with E-state index in [0.29, 0.717) is 34.4 Å². The third kappa shape index (κ3) is 4.72. The number of nitrogens with one attached hydrogen (secondary N) is 2. The summed E-state index contributed by atoms with van der Waals surface area (Å²) >= 11 is 0. The molecule has 4 N–H and O–H groups in total. The summed E-state index contributed by atoms with van der Waals surface area (Å²) in [4.78, 5) is 32.5. The van der Waals surface area contributed by atoms with Crippen LogP contribution in [0, 0.1) is 11.2 Å². The maximum atomic E-state index is 13.6. The number of carbonyl (C=O) groups is 1. The molecule has 1 aliphatic heterocycles. The first-order valence-electron chi connectivity index (χ1n) is 10.8. The summed E-state index contributed by atoms with van der Waals surface area (Å²) in [5, 5.41) is 3.13. The van der Waals surface area contributed by atoms with Crippen LogP contribution in [0.4, 0.5) is 16.0 Å². The number of H-pyrrole nitrogens is 1. The highest BCUT2D eigenvalue weighted by Crippen LogP contribution is 2.35. The van der Waals surface area contributed by atoms with E-state index in [4.69, 9.17) is 15.2 Å². The van der Waals surface area contributed by atoms with Gasteiger partial charge in [0.15, 0.2) is 5.82 Å². The zero-order valence-electron chi connectivity index (χ0n) is 18.7. The highest BCUT2D eigenvalue weighted by molar-refractivity contribution is 5.81. The minimum Gasteiger partial charge on any atom is -0.369 e. The monoisotopic (exact) mass is 475 g/mol. The molecule has 0 atom stereocenters. The summed E-state index contributed by atoms with van der Waals surface area (Å²) < 4.78 is 25.1. The van der Waals surface area contributed by atoms with Gasteiger partial charge in [-0.2, -0.15) is 0 Å². The van der Waals surface area contributed by atoms with Crippen molar-refractivity contribution in [3.05, 3.63) is 72.7 Å². The van der Waals surface area contributed by atoms with Crippen molar-refractivity contribution in [3.63, 3.8) is 0 Å². The summed E-state index contributed by atoms with van der Waals surface area (Å²) in [6.45, 7) is 1.85. The molecule has 1 amide bonds. The number of benzene rings is 1. The molecule has 0 spiro atoms. The van der Waals surface area contributed by atoms with Gasteiger partial charge in [0.05, 0.1) is 35.7 Å². The second-order valence-electron chi connectivity index (χ2n) is 8.36. The zero-order valence-corrected chi connectivity index (χ0v) is 18.7. The Morgan fingerprint density at radius 3 is 2.49 bits per heavy atom. The number of ether oxygens (including phenoxy) is 2. The van der Waals surface area contributed by atoms with Gasteiger partial charge in [0, 0.05) is 29.8 Å². The number of amides is 1. The SMILES string of the molecule is CC1(C(N)=O)COC(c2nc(-c3ccc(F)cc3)c(-c3ccnc(Nc4ccncc4)n3)[nH]2)OC1. The molecule has 0 aliphatic carbocycles. The molecule has 3 aromatic heterocycles. The van der Waals surface area contributed by atoms with Gasteiger partial charge in [-0.15, -0.1) is 0 Å². The maximum absolute atomic E-state index is 13.6. The van der Waals surface area contributed by atoms with Crippen LogP contribution in [0.2, 0.25) is 0 Å². The van der Waals surface area contributed by atoms with Crippen molar-refractivity contribution in [2.75, 3.05) is 18.5 Å². The molecule has 178 valence electrons. The first-order valence-corrected chi connectivity index (χ1v) is 10.8. The molecule has 11 heteroatoms. The quantitative estimate of drug-likeness (QED) is 0.386. The summed E-state index contributed by atoms with van der Waals surface area (Å²) in [5.41, 5.74) is 7.65. The number of hydrogen-bond donors (Lipinski definition) is 3. The van der Waals surface area contributed by atoms with Crippen molar-refractivity contribution in [2.45, 2.75) is 13.2 Å². The molecule has 0 radical (unpaired) electrons. The lowest BCUT2D eigenvalue weighted by molar-refractivity contribution is -0.230. The van der Waals surface area contributed by atoms with Crippen LogP contribution in [0.1, 0.15) is 19.0 Å². The maximum Gasteiger partial charge on any atom is 0.228 e. The molecule has 1 aromatic carbocycles. The third-order valence-corrected chi connectivity index (χ3v) is 5.61.